The quantitative estimate of drug-likeness (QED) is 0.713. The second-order valence-corrected chi connectivity index (χ2v) is 4.86. The molecule has 82 valence electrons. The van der Waals surface area contributed by atoms with Crippen LogP contribution in [0, 0.1) is 16.7 Å². The van der Waals surface area contributed by atoms with Gasteiger partial charge in [-0.1, -0.05) is 0 Å². The number of carboxylic acid groups (broad SMARTS) is 1. The molecule has 2 aliphatic carbocycles. The third-order valence-electron chi connectivity index (χ3n) is 3.35. The molecule has 0 aromatic carbocycles. The summed E-state index contributed by atoms with van der Waals surface area (Å²) in [5, 5.41) is 17.5. The second-order valence-electron chi connectivity index (χ2n) is 4.86. The van der Waals surface area contributed by atoms with Gasteiger partial charge in [-0.3, -0.25) is 9.69 Å². The first-order valence-electron chi connectivity index (χ1n) is 5.48. The largest absolute Gasteiger partial charge is 0.480 e. The molecule has 0 saturated heterocycles. The van der Waals surface area contributed by atoms with E-state index in [2.05, 4.69) is 6.07 Å². The van der Waals surface area contributed by atoms with Gasteiger partial charge in [-0.15, -0.1) is 0 Å². The second kappa shape index (κ2) is 3.82. The fourth-order valence-electron chi connectivity index (χ4n) is 2.09. The molecule has 0 bridgehead atoms. The maximum Gasteiger partial charge on any atom is 0.317 e. The lowest BCUT2D eigenvalue weighted by molar-refractivity contribution is -0.138. The maximum atomic E-state index is 10.7. The van der Waals surface area contributed by atoms with E-state index in [9.17, 15) is 4.79 Å². The van der Waals surface area contributed by atoms with Crippen LogP contribution in [0.4, 0.5) is 0 Å². The minimum absolute atomic E-state index is 0.132. The van der Waals surface area contributed by atoms with E-state index in [0.717, 1.165) is 32.2 Å². The van der Waals surface area contributed by atoms with Crippen LogP contribution >= 0.6 is 0 Å². The van der Waals surface area contributed by atoms with Crippen molar-refractivity contribution >= 4 is 5.97 Å². The normalized spacial score (nSPS) is 22.4. The average Bonchev–Trinajstić information content (AvgIpc) is 2.96. The van der Waals surface area contributed by atoms with Crippen molar-refractivity contribution in [3.05, 3.63) is 0 Å². The van der Waals surface area contributed by atoms with Gasteiger partial charge in [0.15, 0.2) is 0 Å². The summed E-state index contributed by atoms with van der Waals surface area (Å²) >= 11 is 0. The molecule has 2 fully saturated rings. The number of nitriles is 1. The molecule has 0 spiro atoms. The summed E-state index contributed by atoms with van der Waals surface area (Å²) in [5.74, 6) is -0.755. The molecular formula is C11H16N2O2. The molecule has 0 unspecified atom stereocenters. The topological polar surface area (TPSA) is 64.3 Å². The van der Waals surface area contributed by atoms with Crippen LogP contribution in [-0.4, -0.2) is 35.1 Å². The Labute approximate surface area is 89.5 Å². The zero-order chi connectivity index (χ0) is 10.9. The van der Waals surface area contributed by atoms with Gasteiger partial charge in [0.2, 0.25) is 0 Å². The number of nitrogens with zero attached hydrogens (tertiary/aromatic N) is 2. The highest BCUT2D eigenvalue weighted by molar-refractivity contribution is 5.69. The maximum absolute atomic E-state index is 10.7. The van der Waals surface area contributed by atoms with E-state index in [1.165, 1.54) is 0 Å². The van der Waals surface area contributed by atoms with Gasteiger partial charge < -0.3 is 5.11 Å². The number of carbonyl (C=O) groups is 1. The molecule has 2 rings (SSSR count). The summed E-state index contributed by atoms with van der Waals surface area (Å²) in [5.41, 5.74) is 0.132. The van der Waals surface area contributed by atoms with Crippen LogP contribution in [0.2, 0.25) is 0 Å². The number of hydrogen-bond acceptors (Lipinski definition) is 3. The van der Waals surface area contributed by atoms with E-state index in [-0.39, 0.29) is 12.0 Å². The molecule has 4 nitrogen and oxygen atoms in total. The van der Waals surface area contributed by atoms with Crippen molar-refractivity contribution in [2.45, 2.75) is 38.1 Å². The Morgan fingerprint density at radius 1 is 1.53 bits per heavy atom. The lowest BCUT2D eigenvalue weighted by Gasteiger charge is -2.24. The standard InChI is InChI=1S/C11H16N2O2/c12-6-5-11(3-4-11)8-13(7-10(14)15)9-1-2-9/h9H,1-5,7-8H2,(H,14,15). The zero-order valence-electron chi connectivity index (χ0n) is 8.78. The van der Waals surface area contributed by atoms with E-state index in [0.29, 0.717) is 12.5 Å². The van der Waals surface area contributed by atoms with Crippen molar-refractivity contribution in [3.8, 4) is 6.07 Å². The molecule has 0 aromatic heterocycles. The molecule has 0 amide bonds. The van der Waals surface area contributed by atoms with E-state index < -0.39 is 5.97 Å². The van der Waals surface area contributed by atoms with Crippen molar-refractivity contribution in [1.82, 2.24) is 4.90 Å². The third kappa shape index (κ3) is 2.69. The molecule has 4 heteroatoms. The SMILES string of the molecule is N#CCC1(CN(CC(=O)O)C2CC2)CC1. The summed E-state index contributed by atoms with van der Waals surface area (Å²) in [7, 11) is 0. The van der Waals surface area contributed by atoms with Crippen molar-refractivity contribution in [2.24, 2.45) is 5.41 Å². The van der Waals surface area contributed by atoms with Crippen molar-refractivity contribution < 1.29 is 9.90 Å². The highest BCUT2D eigenvalue weighted by Crippen LogP contribution is 2.50. The Morgan fingerprint density at radius 3 is 2.60 bits per heavy atom. The Morgan fingerprint density at radius 2 is 2.20 bits per heavy atom. The molecule has 1 N–H and O–H groups in total. The van der Waals surface area contributed by atoms with Crippen molar-refractivity contribution in [2.75, 3.05) is 13.1 Å². The van der Waals surface area contributed by atoms with Gasteiger partial charge in [-0.2, -0.15) is 5.26 Å². The zero-order valence-corrected chi connectivity index (χ0v) is 8.78. The molecule has 15 heavy (non-hydrogen) atoms. The Kier molecular flexibility index (Phi) is 2.66. The van der Waals surface area contributed by atoms with Gasteiger partial charge in [0.25, 0.3) is 0 Å². The van der Waals surface area contributed by atoms with Crippen LogP contribution < -0.4 is 0 Å². The van der Waals surface area contributed by atoms with Crippen LogP contribution in [0.1, 0.15) is 32.1 Å². The van der Waals surface area contributed by atoms with Gasteiger partial charge in [-0.05, 0) is 31.1 Å². The van der Waals surface area contributed by atoms with E-state index >= 15 is 0 Å². The molecule has 0 heterocycles. The first-order chi connectivity index (χ1) is 7.15. The molecule has 0 atom stereocenters. The molecular weight excluding hydrogens is 192 g/mol. The summed E-state index contributed by atoms with van der Waals surface area (Å²) in [6, 6.07) is 2.68. The minimum atomic E-state index is -0.755. The van der Waals surface area contributed by atoms with Crippen LogP contribution in [0.25, 0.3) is 0 Å². The molecule has 0 aliphatic heterocycles. The first-order valence-corrected chi connectivity index (χ1v) is 5.48. The Balaban J connectivity index is 1.89. The van der Waals surface area contributed by atoms with Crippen molar-refractivity contribution in [3.63, 3.8) is 0 Å². The predicted octanol–water partition coefficient (Wildman–Crippen LogP) is 1.23. The van der Waals surface area contributed by atoms with E-state index in [1.54, 1.807) is 0 Å². The van der Waals surface area contributed by atoms with Crippen LogP contribution in [0.3, 0.4) is 0 Å². The smallest absolute Gasteiger partial charge is 0.317 e. The number of aliphatic carboxylic acids is 1. The van der Waals surface area contributed by atoms with Crippen molar-refractivity contribution in [1.29, 1.82) is 5.26 Å². The first kappa shape index (κ1) is 10.4. The lowest BCUT2D eigenvalue weighted by atomic mass is 10.0. The molecule has 2 saturated carbocycles. The molecule has 0 radical (unpaired) electrons. The van der Waals surface area contributed by atoms with Gasteiger partial charge in [0.1, 0.15) is 0 Å². The number of hydrogen-bond donors (Lipinski definition) is 1. The van der Waals surface area contributed by atoms with Gasteiger partial charge in [0.05, 0.1) is 12.6 Å². The van der Waals surface area contributed by atoms with Gasteiger partial charge in [0, 0.05) is 19.0 Å². The summed E-state index contributed by atoms with van der Waals surface area (Å²) < 4.78 is 0. The highest BCUT2D eigenvalue weighted by atomic mass is 16.4. The van der Waals surface area contributed by atoms with Crippen LogP contribution in [-0.2, 0) is 4.79 Å². The average molecular weight is 208 g/mol. The van der Waals surface area contributed by atoms with E-state index in [4.69, 9.17) is 10.4 Å². The monoisotopic (exact) mass is 208 g/mol. The van der Waals surface area contributed by atoms with Gasteiger partial charge in [-0.25, -0.2) is 0 Å². The van der Waals surface area contributed by atoms with Crippen LogP contribution in [0.15, 0.2) is 0 Å². The Hall–Kier alpha value is -1.08. The van der Waals surface area contributed by atoms with Crippen LogP contribution in [0.5, 0.6) is 0 Å². The van der Waals surface area contributed by atoms with E-state index in [1.807, 2.05) is 4.90 Å². The predicted molar refractivity (Wildman–Crippen MR) is 54.1 cm³/mol. The fraction of sp³-hybridized carbons (Fsp3) is 0.818. The Bertz CT molecular complexity index is 300. The van der Waals surface area contributed by atoms with Gasteiger partial charge >= 0.3 is 5.97 Å². The number of carboxylic acids is 1. The lowest BCUT2D eigenvalue weighted by Crippen LogP contribution is -2.36. The summed E-state index contributed by atoms with van der Waals surface area (Å²) in [6.45, 7) is 0.940. The molecule has 2 aliphatic rings. The number of rotatable bonds is 6. The summed E-state index contributed by atoms with van der Waals surface area (Å²) in [6.07, 6.45) is 4.99. The molecule has 0 aromatic rings. The fourth-order valence-corrected chi connectivity index (χ4v) is 2.09. The third-order valence-corrected chi connectivity index (χ3v) is 3.35. The minimum Gasteiger partial charge on any atom is -0.480 e. The highest BCUT2D eigenvalue weighted by Gasteiger charge is 2.46. The summed E-state index contributed by atoms with van der Waals surface area (Å²) in [4.78, 5) is 12.7.